The maximum absolute atomic E-state index is 13.3. The predicted molar refractivity (Wildman–Crippen MR) is 140 cm³/mol. The van der Waals surface area contributed by atoms with Crippen LogP contribution in [0.4, 0.5) is 5.69 Å². The second kappa shape index (κ2) is 9.20. The first-order valence-electron chi connectivity index (χ1n) is 11.8. The summed E-state index contributed by atoms with van der Waals surface area (Å²) in [5.41, 5.74) is 2.75. The van der Waals surface area contributed by atoms with Gasteiger partial charge in [-0.15, -0.1) is 10.2 Å². The van der Waals surface area contributed by atoms with Crippen molar-refractivity contribution in [2.75, 3.05) is 10.7 Å². The van der Waals surface area contributed by atoms with Gasteiger partial charge in [0.15, 0.2) is 11.0 Å². The van der Waals surface area contributed by atoms with E-state index in [2.05, 4.69) is 23.2 Å². The lowest BCUT2D eigenvalue weighted by molar-refractivity contribution is -0.116. The molecule has 6 rings (SSSR count). The van der Waals surface area contributed by atoms with Gasteiger partial charge < -0.3 is 14.4 Å². The third kappa shape index (κ3) is 4.03. The highest BCUT2D eigenvalue weighted by atomic mass is 32.2. The van der Waals surface area contributed by atoms with E-state index in [0.29, 0.717) is 23.1 Å². The summed E-state index contributed by atoms with van der Waals surface area (Å²) in [6.45, 7) is 2.45. The molecule has 2 aromatic heterocycles. The van der Waals surface area contributed by atoms with Crippen LogP contribution in [0.5, 0.6) is 5.75 Å². The number of benzene rings is 3. The molecule has 0 saturated heterocycles. The summed E-state index contributed by atoms with van der Waals surface area (Å²) >= 11 is 1.34. The number of carbonyl (C=O) groups is 1. The molecule has 1 atom stereocenters. The van der Waals surface area contributed by atoms with E-state index in [-0.39, 0.29) is 23.5 Å². The standard InChI is InChI=1S/C28H24N4O3S/c1-18-13-21-9-4-5-11-24(21)32(18)26(34)17-36-28-30-29-27(31(28)16-22-10-6-12-35-22)23-14-19-7-2-3-8-20(19)15-25(23)33/h2-12,14-15,18,33H,13,16-17H2,1H3/t18-/m1/s1. The molecule has 0 spiro atoms. The Hall–Kier alpha value is -4.04. The number of hydrogen-bond acceptors (Lipinski definition) is 6. The SMILES string of the molecule is C[C@@H]1Cc2ccccc2N1C(=O)CSc1nnc(-c2cc3ccccc3cc2O)n1Cc1ccco1. The number of amides is 1. The number of hydrogen-bond donors (Lipinski definition) is 1. The van der Waals surface area contributed by atoms with E-state index >= 15 is 0 Å². The average molecular weight is 497 g/mol. The third-order valence-electron chi connectivity index (χ3n) is 6.52. The summed E-state index contributed by atoms with van der Waals surface area (Å²) in [7, 11) is 0. The quantitative estimate of drug-likeness (QED) is 0.312. The van der Waals surface area contributed by atoms with Crippen LogP contribution in [0.1, 0.15) is 18.2 Å². The highest BCUT2D eigenvalue weighted by Crippen LogP contribution is 2.36. The highest BCUT2D eigenvalue weighted by Gasteiger charge is 2.31. The van der Waals surface area contributed by atoms with Gasteiger partial charge in [-0.2, -0.15) is 0 Å². The maximum Gasteiger partial charge on any atom is 0.237 e. The maximum atomic E-state index is 13.3. The molecule has 0 aliphatic carbocycles. The fraction of sp³-hybridized carbons (Fsp3) is 0.179. The molecule has 1 aliphatic heterocycles. The first kappa shape index (κ1) is 22.4. The van der Waals surface area contributed by atoms with E-state index < -0.39 is 0 Å². The Labute approximate surface area is 212 Å². The molecule has 0 unspecified atom stereocenters. The minimum absolute atomic E-state index is 0.0279. The topological polar surface area (TPSA) is 84.4 Å². The molecule has 5 aromatic rings. The van der Waals surface area contributed by atoms with Crippen LogP contribution < -0.4 is 4.90 Å². The Bertz CT molecular complexity index is 1560. The first-order chi connectivity index (χ1) is 17.6. The van der Waals surface area contributed by atoms with Crippen LogP contribution in [-0.2, 0) is 17.8 Å². The van der Waals surface area contributed by atoms with Crippen molar-refractivity contribution in [3.8, 4) is 17.1 Å². The van der Waals surface area contributed by atoms with Gasteiger partial charge in [-0.25, -0.2) is 0 Å². The monoisotopic (exact) mass is 496 g/mol. The van der Waals surface area contributed by atoms with Crippen LogP contribution >= 0.6 is 11.8 Å². The van der Waals surface area contributed by atoms with Gasteiger partial charge >= 0.3 is 0 Å². The van der Waals surface area contributed by atoms with Gasteiger partial charge in [0.25, 0.3) is 0 Å². The predicted octanol–water partition coefficient (Wildman–Crippen LogP) is 5.52. The molecule has 1 amide bonds. The van der Waals surface area contributed by atoms with Gasteiger partial charge in [-0.05, 0) is 60.0 Å². The number of phenolic OH excluding ortho intramolecular Hbond substituents is 1. The molecule has 1 N–H and O–H groups in total. The number of aromatic hydroxyl groups is 1. The molecule has 3 aromatic carbocycles. The number of nitrogens with zero attached hydrogens (tertiary/aromatic N) is 4. The molecule has 3 heterocycles. The van der Waals surface area contributed by atoms with Crippen molar-refractivity contribution in [3.05, 3.63) is 90.4 Å². The zero-order valence-electron chi connectivity index (χ0n) is 19.7. The average Bonchev–Trinajstić information content (AvgIpc) is 3.61. The molecular weight excluding hydrogens is 472 g/mol. The number of carbonyl (C=O) groups excluding carboxylic acids is 1. The fourth-order valence-corrected chi connectivity index (χ4v) is 5.64. The molecule has 36 heavy (non-hydrogen) atoms. The van der Waals surface area contributed by atoms with Crippen molar-refractivity contribution in [1.29, 1.82) is 0 Å². The summed E-state index contributed by atoms with van der Waals surface area (Å²) < 4.78 is 7.48. The smallest absolute Gasteiger partial charge is 0.237 e. The van der Waals surface area contributed by atoms with Crippen molar-refractivity contribution < 1.29 is 14.3 Å². The number of para-hydroxylation sites is 1. The fourth-order valence-electron chi connectivity index (χ4n) is 4.84. The number of rotatable bonds is 6. The first-order valence-corrected chi connectivity index (χ1v) is 12.8. The van der Waals surface area contributed by atoms with E-state index in [9.17, 15) is 9.90 Å². The number of thioether (sulfide) groups is 1. The summed E-state index contributed by atoms with van der Waals surface area (Å²) in [5, 5.41) is 22.2. The lowest BCUT2D eigenvalue weighted by Gasteiger charge is -2.22. The van der Waals surface area contributed by atoms with Crippen molar-refractivity contribution in [3.63, 3.8) is 0 Å². The number of furan rings is 1. The van der Waals surface area contributed by atoms with Crippen LogP contribution in [0, 0.1) is 0 Å². The number of fused-ring (bicyclic) bond motifs is 2. The van der Waals surface area contributed by atoms with Crippen LogP contribution in [-0.4, -0.2) is 37.6 Å². The van der Waals surface area contributed by atoms with E-state index in [1.54, 1.807) is 12.3 Å². The third-order valence-corrected chi connectivity index (χ3v) is 7.47. The van der Waals surface area contributed by atoms with Crippen LogP contribution in [0.25, 0.3) is 22.2 Å². The second-order valence-electron chi connectivity index (χ2n) is 8.92. The minimum Gasteiger partial charge on any atom is -0.507 e. The highest BCUT2D eigenvalue weighted by molar-refractivity contribution is 7.99. The molecule has 0 saturated carbocycles. The zero-order chi connectivity index (χ0) is 24.6. The van der Waals surface area contributed by atoms with Crippen LogP contribution in [0.15, 0.2) is 88.6 Å². The molecule has 180 valence electrons. The van der Waals surface area contributed by atoms with E-state index in [0.717, 1.165) is 28.6 Å². The summed E-state index contributed by atoms with van der Waals surface area (Å²) in [6, 6.07) is 23.4. The second-order valence-corrected chi connectivity index (χ2v) is 9.86. The molecule has 0 fully saturated rings. The molecule has 0 radical (unpaired) electrons. The number of anilines is 1. The van der Waals surface area contributed by atoms with Crippen molar-refractivity contribution >= 4 is 34.1 Å². The number of aromatic nitrogens is 3. The van der Waals surface area contributed by atoms with Crippen molar-refractivity contribution in [2.45, 2.75) is 31.1 Å². The Morgan fingerprint density at radius 2 is 1.83 bits per heavy atom. The van der Waals surface area contributed by atoms with Gasteiger partial charge in [0.05, 0.1) is 24.1 Å². The Kier molecular flexibility index (Phi) is 5.73. The van der Waals surface area contributed by atoms with E-state index in [1.807, 2.05) is 70.1 Å². The van der Waals surface area contributed by atoms with E-state index in [4.69, 9.17) is 4.42 Å². The van der Waals surface area contributed by atoms with Gasteiger partial charge in [-0.3, -0.25) is 9.36 Å². The largest absolute Gasteiger partial charge is 0.507 e. The summed E-state index contributed by atoms with van der Waals surface area (Å²) in [5.74, 6) is 1.62. The van der Waals surface area contributed by atoms with Gasteiger partial charge in [0, 0.05) is 11.7 Å². The Morgan fingerprint density at radius 3 is 2.64 bits per heavy atom. The Balaban J connectivity index is 1.32. The Morgan fingerprint density at radius 1 is 1.06 bits per heavy atom. The molecule has 8 heteroatoms. The van der Waals surface area contributed by atoms with Crippen molar-refractivity contribution in [2.24, 2.45) is 0 Å². The molecular formula is C28H24N4O3S. The number of phenols is 1. The van der Waals surface area contributed by atoms with Crippen LogP contribution in [0.2, 0.25) is 0 Å². The van der Waals surface area contributed by atoms with Gasteiger partial charge in [0.1, 0.15) is 11.5 Å². The van der Waals surface area contributed by atoms with E-state index in [1.165, 1.54) is 17.3 Å². The zero-order valence-corrected chi connectivity index (χ0v) is 20.5. The normalized spacial score (nSPS) is 14.9. The molecule has 1 aliphatic rings. The van der Waals surface area contributed by atoms with Gasteiger partial charge in [0.2, 0.25) is 5.91 Å². The van der Waals surface area contributed by atoms with Crippen molar-refractivity contribution in [1.82, 2.24) is 14.8 Å². The van der Waals surface area contributed by atoms with Crippen LogP contribution in [0.3, 0.4) is 0 Å². The lowest BCUT2D eigenvalue weighted by Crippen LogP contribution is -2.37. The minimum atomic E-state index is 0.0279. The molecule has 7 nitrogen and oxygen atoms in total. The summed E-state index contributed by atoms with van der Waals surface area (Å²) in [4.78, 5) is 15.2. The molecule has 0 bridgehead atoms. The van der Waals surface area contributed by atoms with Gasteiger partial charge in [-0.1, -0.05) is 54.2 Å². The summed E-state index contributed by atoms with van der Waals surface area (Å²) in [6.07, 6.45) is 2.47. The lowest BCUT2D eigenvalue weighted by atomic mass is 10.1.